The van der Waals surface area contributed by atoms with E-state index in [-0.39, 0.29) is 15.7 Å². The first-order valence-corrected chi connectivity index (χ1v) is 13.7. The number of ether oxygens (including phenoxy) is 1. The van der Waals surface area contributed by atoms with E-state index in [0.717, 1.165) is 16.9 Å². The van der Waals surface area contributed by atoms with Crippen molar-refractivity contribution in [2.75, 3.05) is 17.1 Å². The molecule has 1 heterocycles. The van der Waals surface area contributed by atoms with Gasteiger partial charge in [-0.3, -0.25) is 14.3 Å². The molecule has 0 saturated heterocycles. The summed E-state index contributed by atoms with van der Waals surface area (Å²) in [5.41, 5.74) is 2.27. The maximum absolute atomic E-state index is 13.3. The van der Waals surface area contributed by atoms with E-state index in [2.05, 4.69) is 20.3 Å². The Morgan fingerprint density at radius 2 is 1.68 bits per heavy atom. The molecule has 0 spiro atoms. The Kier molecular flexibility index (Phi) is 8.19. The number of hydrogen-bond acceptors (Lipinski definition) is 7. The van der Waals surface area contributed by atoms with Crippen molar-refractivity contribution in [1.82, 2.24) is 10.3 Å². The number of methoxy groups -OCH3 is 1. The molecule has 0 aliphatic rings. The van der Waals surface area contributed by atoms with Crippen LogP contribution >= 0.6 is 11.3 Å². The van der Waals surface area contributed by atoms with Gasteiger partial charge in [0.05, 0.1) is 12.0 Å². The molecule has 194 valence electrons. The summed E-state index contributed by atoms with van der Waals surface area (Å²) in [4.78, 5) is 30.1. The molecule has 0 saturated carbocycles. The zero-order chi connectivity index (χ0) is 27.1. The molecule has 3 aromatic carbocycles. The summed E-state index contributed by atoms with van der Waals surface area (Å²) in [7, 11) is -2.33. The van der Waals surface area contributed by atoms with E-state index >= 15 is 0 Å². The van der Waals surface area contributed by atoms with E-state index < -0.39 is 21.8 Å². The lowest BCUT2D eigenvalue weighted by Crippen LogP contribution is -2.30. The summed E-state index contributed by atoms with van der Waals surface area (Å²) in [6.07, 6.45) is 3.01. The molecule has 3 N–H and O–H groups in total. The fourth-order valence-corrected chi connectivity index (χ4v) is 5.15. The van der Waals surface area contributed by atoms with Gasteiger partial charge in [-0.05, 0) is 55.5 Å². The fourth-order valence-electron chi connectivity index (χ4n) is 3.36. The lowest BCUT2D eigenvalue weighted by atomic mass is 10.1. The molecule has 38 heavy (non-hydrogen) atoms. The van der Waals surface area contributed by atoms with E-state index in [1.807, 2.05) is 6.92 Å². The number of hydrogen-bond donors (Lipinski definition) is 3. The number of rotatable bonds is 9. The standard InChI is InChI=1S/C27H24N4O5S2/c1-18-7-9-19(10-8-18)25(32)30-23(17-20-5-3-4-6-24(20)36-2)26(33)29-21-11-13-22(14-12-21)38(34,35)31-27-28-15-16-37-27/h3-17H,1-2H3,(H,28,31)(H,29,33)(H,30,32). The van der Waals surface area contributed by atoms with Crippen LogP contribution in [0, 0.1) is 6.92 Å². The molecule has 4 aromatic rings. The lowest BCUT2D eigenvalue weighted by molar-refractivity contribution is -0.113. The minimum absolute atomic E-state index is 0.00293. The van der Waals surface area contributed by atoms with Gasteiger partial charge in [-0.25, -0.2) is 13.4 Å². The number of aryl methyl sites for hydroxylation is 1. The van der Waals surface area contributed by atoms with Gasteiger partial charge in [0.2, 0.25) is 0 Å². The van der Waals surface area contributed by atoms with Gasteiger partial charge in [0.15, 0.2) is 5.13 Å². The molecule has 0 bridgehead atoms. The Morgan fingerprint density at radius 3 is 2.34 bits per heavy atom. The van der Waals surface area contributed by atoms with Gasteiger partial charge in [-0.15, -0.1) is 11.3 Å². The van der Waals surface area contributed by atoms with Crippen molar-refractivity contribution >= 4 is 50.1 Å². The molecular formula is C27H24N4O5S2. The average Bonchev–Trinajstić information content (AvgIpc) is 3.41. The van der Waals surface area contributed by atoms with Crippen molar-refractivity contribution in [3.8, 4) is 5.75 Å². The van der Waals surface area contributed by atoms with Crippen LogP contribution in [0.1, 0.15) is 21.5 Å². The normalized spacial score (nSPS) is 11.5. The van der Waals surface area contributed by atoms with Crippen molar-refractivity contribution in [2.45, 2.75) is 11.8 Å². The SMILES string of the molecule is COc1ccccc1C=C(NC(=O)c1ccc(C)cc1)C(=O)Nc1ccc(S(=O)(=O)Nc2nccs2)cc1. The minimum atomic E-state index is -3.84. The number of sulfonamides is 1. The number of para-hydroxylation sites is 1. The van der Waals surface area contributed by atoms with Crippen LogP contribution in [0.25, 0.3) is 6.08 Å². The highest BCUT2D eigenvalue weighted by Gasteiger charge is 2.18. The third-order valence-electron chi connectivity index (χ3n) is 5.32. The molecule has 0 fully saturated rings. The molecule has 0 aliphatic carbocycles. The summed E-state index contributed by atoms with van der Waals surface area (Å²) in [6.45, 7) is 1.91. The first-order valence-electron chi connectivity index (χ1n) is 11.3. The number of nitrogens with one attached hydrogen (secondary N) is 3. The van der Waals surface area contributed by atoms with Crippen molar-refractivity contribution in [2.24, 2.45) is 0 Å². The molecule has 0 atom stereocenters. The summed E-state index contributed by atoms with van der Waals surface area (Å²) < 4.78 is 32.9. The van der Waals surface area contributed by atoms with Crippen LogP contribution in [0.2, 0.25) is 0 Å². The van der Waals surface area contributed by atoms with Gasteiger partial charge in [0.25, 0.3) is 21.8 Å². The summed E-state index contributed by atoms with van der Waals surface area (Å²) >= 11 is 1.16. The van der Waals surface area contributed by atoms with Crippen LogP contribution in [0.3, 0.4) is 0 Å². The maximum Gasteiger partial charge on any atom is 0.272 e. The van der Waals surface area contributed by atoms with E-state index in [0.29, 0.717) is 22.6 Å². The number of aromatic nitrogens is 1. The number of anilines is 2. The second kappa shape index (κ2) is 11.7. The fraction of sp³-hybridized carbons (Fsp3) is 0.0741. The smallest absolute Gasteiger partial charge is 0.272 e. The predicted molar refractivity (Wildman–Crippen MR) is 148 cm³/mol. The van der Waals surface area contributed by atoms with Gasteiger partial charge in [0, 0.05) is 28.4 Å². The number of amides is 2. The van der Waals surface area contributed by atoms with Crippen molar-refractivity contribution in [3.63, 3.8) is 0 Å². The number of thiazole rings is 1. The van der Waals surface area contributed by atoms with E-state index in [4.69, 9.17) is 4.74 Å². The predicted octanol–water partition coefficient (Wildman–Crippen LogP) is 4.67. The van der Waals surface area contributed by atoms with Gasteiger partial charge in [-0.1, -0.05) is 35.9 Å². The second-order valence-electron chi connectivity index (χ2n) is 8.04. The van der Waals surface area contributed by atoms with Crippen LogP contribution in [-0.2, 0) is 14.8 Å². The lowest BCUT2D eigenvalue weighted by Gasteiger charge is -2.13. The van der Waals surface area contributed by atoms with Gasteiger partial charge < -0.3 is 15.4 Å². The van der Waals surface area contributed by atoms with Crippen LogP contribution in [-0.4, -0.2) is 32.3 Å². The molecular weight excluding hydrogens is 524 g/mol. The van der Waals surface area contributed by atoms with Crippen molar-refractivity contribution < 1.29 is 22.7 Å². The Bertz CT molecular complexity index is 1560. The van der Waals surface area contributed by atoms with Gasteiger partial charge in [0.1, 0.15) is 11.4 Å². The minimum Gasteiger partial charge on any atom is -0.496 e. The largest absolute Gasteiger partial charge is 0.496 e. The Hall–Kier alpha value is -4.48. The molecule has 2 amide bonds. The van der Waals surface area contributed by atoms with Crippen LogP contribution in [0.5, 0.6) is 5.75 Å². The number of carbonyl (C=O) groups excluding carboxylic acids is 2. The topological polar surface area (TPSA) is 126 Å². The average molecular weight is 549 g/mol. The highest BCUT2D eigenvalue weighted by atomic mass is 32.2. The zero-order valence-corrected chi connectivity index (χ0v) is 22.1. The highest BCUT2D eigenvalue weighted by molar-refractivity contribution is 7.93. The van der Waals surface area contributed by atoms with Crippen molar-refractivity contribution in [1.29, 1.82) is 0 Å². The highest BCUT2D eigenvalue weighted by Crippen LogP contribution is 2.22. The van der Waals surface area contributed by atoms with Crippen molar-refractivity contribution in [3.05, 3.63) is 107 Å². The second-order valence-corrected chi connectivity index (χ2v) is 10.6. The monoisotopic (exact) mass is 548 g/mol. The zero-order valence-electron chi connectivity index (χ0n) is 20.5. The number of benzene rings is 3. The van der Waals surface area contributed by atoms with E-state index in [1.54, 1.807) is 53.9 Å². The molecule has 4 rings (SSSR count). The quantitative estimate of drug-likeness (QED) is 0.261. The molecule has 1 aromatic heterocycles. The first-order chi connectivity index (χ1) is 18.2. The van der Waals surface area contributed by atoms with Crippen LogP contribution in [0.4, 0.5) is 10.8 Å². The van der Waals surface area contributed by atoms with E-state index in [1.165, 1.54) is 43.6 Å². The molecule has 0 aliphatic heterocycles. The summed E-state index contributed by atoms with van der Waals surface area (Å²) in [5, 5.41) is 7.28. The van der Waals surface area contributed by atoms with Gasteiger partial charge >= 0.3 is 0 Å². The van der Waals surface area contributed by atoms with E-state index in [9.17, 15) is 18.0 Å². The van der Waals surface area contributed by atoms with Crippen LogP contribution in [0.15, 0.2) is 95.0 Å². The Balaban J connectivity index is 1.57. The Labute approximate surface area is 224 Å². The summed E-state index contributed by atoms with van der Waals surface area (Å²) in [5.74, 6) is -0.548. The molecule has 0 unspecified atom stereocenters. The first kappa shape index (κ1) is 26.6. The third kappa shape index (κ3) is 6.64. The molecule has 9 nitrogen and oxygen atoms in total. The number of carbonyl (C=O) groups is 2. The van der Waals surface area contributed by atoms with Crippen LogP contribution < -0.4 is 20.1 Å². The molecule has 11 heteroatoms. The maximum atomic E-state index is 13.3. The number of nitrogens with zero attached hydrogens (tertiary/aromatic N) is 1. The Morgan fingerprint density at radius 1 is 0.974 bits per heavy atom. The molecule has 0 radical (unpaired) electrons. The summed E-state index contributed by atoms with van der Waals surface area (Å²) in [6, 6.07) is 19.6. The third-order valence-corrected chi connectivity index (χ3v) is 7.49. The van der Waals surface area contributed by atoms with Gasteiger partial charge in [-0.2, -0.15) is 0 Å².